The summed E-state index contributed by atoms with van der Waals surface area (Å²) in [6.07, 6.45) is 0.0719. The first kappa shape index (κ1) is 18.8. The summed E-state index contributed by atoms with van der Waals surface area (Å²) in [7, 11) is 1.41. The van der Waals surface area contributed by atoms with Gasteiger partial charge in [0.15, 0.2) is 11.6 Å². The predicted molar refractivity (Wildman–Crippen MR) is 96.4 cm³/mol. The minimum absolute atomic E-state index is 0.0157. The van der Waals surface area contributed by atoms with Crippen LogP contribution >= 0.6 is 0 Å². The molecule has 0 fully saturated rings. The summed E-state index contributed by atoms with van der Waals surface area (Å²) in [6.45, 7) is -0.596. The molecule has 0 atom stereocenters. The summed E-state index contributed by atoms with van der Waals surface area (Å²) in [5.41, 5.74) is 6.72. The number of benzene rings is 2. The first-order valence-corrected chi connectivity index (χ1v) is 8.42. The average molecular weight is 369 g/mol. The van der Waals surface area contributed by atoms with Gasteiger partial charge in [0.1, 0.15) is 5.75 Å². The van der Waals surface area contributed by atoms with Gasteiger partial charge in [-0.3, -0.25) is 14.4 Å². The summed E-state index contributed by atoms with van der Waals surface area (Å²) >= 11 is 0. The van der Waals surface area contributed by atoms with Crippen molar-refractivity contribution in [3.8, 4) is 5.75 Å². The standard InChI is InChI=1S/C20H19NO6/c1-27-14-4-2-3-12-17(14)19(25)13-9-10(5-7-22)15(20(21)26)11(6-8-23)16(13)18(12)24/h2-4,9,22-23H,5-8H2,1H3,(H2,21,26). The quantitative estimate of drug-likeness (QED) is 0.585. The number of hydrogen-bond donors (Lipinski definition) is 3. The lowest BCUT2D eigenvalue weighted by molar-refractivity contribution is 0.0972. The zero-order chi connectivity index (χ0) is 19.7. The Morgan fingerprint density at radius 2 is 1.70 bits per heavy atom. The van der Waals surface area contributed by atoms with Crippen LogP contribution in [0.25, 0.3) is 0 Å². The SMILES string of the molecule is COc1cccc2c1C(=O)c1cc(CCO)c(C(N)=O)c(CCO)c1C2=O. The highest BCUT2D eigenvalue weighted by Crippen LogP contribution is 2.37. The molecule has 0 spiro atoms. The Hall–Kier alpha value is -3.03. The molecule has 1 aliphatic rings. The Morgan fingerprint density at radius 3 is 2.30 bits per heavy atom. The first-order chi connectivity index (χ1) is 13.0. The van der Waals surface area contributed by atoms with Crippen LogP contribution < -0.4 is 10.5 Å². The van der Waals surface area contributed by atoms with Crippen LogP contribution in [0.1, 0.15) is 53.3 Å². The van der Waals surface area contributed by atoms with Crippen LogP contribution in [0.3, 0.4) is 0 Å². The molecule has 0 aromatic heterocycles. The Kier molecular flexibility index (Phi) is 5.07. The van der Waals surface area contributed by atoms with Crippen molar-refractivity contribution in [2.45, 2.75) is 12.8 Å². The van der Waals surface area contributed by atoms with Crippen molar-refractivity contribution in [3.05, 3.63) is 63.2 Å². The minimum atomic E-state index is -0.776. The van der Waals surface area contributed by atoms with Gasteiger partial charge in [0.2, 0.25) is 5.91 Å². The first-order valence-electron chi connectivity index (χ1n) is 8.42. The highest BCUT2D eigenvalue weighted by molar-refractivity contribution is 6.30. The van der Waals surface area contributed by atoms with Crippen molar-refractivity contribution < 1.29 is 29.3 Å². The van der Waals surface area contributed by atoms with E-state index in [4.69, 9.17) is 10.5 Å². The fourth-order valence-electron chi connectivity index (χ4n) is 3.62. The molecule has 0 bridgehead atoms. The average Bonchev–Trinajstić information content (AvgIpc) is 2.65. The van der Waals surface area contributed by atoms with Gasteiger partial charge in [-0.2, -0.15) is 0 Å². The second-order valence-electron chi connectivity index (χ2n) is 6.16. The lowest BCUT2D eigenvalue weighted by Crippen LogP contribution is -2.28. The summed E-state index contributed by atoms with van der Waals surface area (Å²) in [5.74, 6) is -1.34. The number of aliphatic hydroxyl groups is 2. The molecule has 1 aliphatic carbocycles. The number of fused-ring (bicyclic) bond motifs is 2. The molecule has 7 nitrogen and oxygen atoms in total. The number of aliphatic hydroxyl groups excluding tert-OH is 2. The second-order valence-corrected chi connectivity index (χ2v) is 6.16. The van der Waals surface area contributed by atoms with E-state index in [2.05, 4.69) is 0 Å². The number of methoxy groups -OCH3 is 1. The minimum Gasteiger partial charge on any atom is -0.496 e. The smallest absolute Gasteiger partial charge is 0.249 e. The Morgan fingerprint density at radius 1 is 1.04 bits per heavy atom. The van der Waals surface area contributed by atoms with Crippen molar-refractivity contribution in [2.75, 3.05) is 20.3 Å². The van der Waals surface area contributed by atoms with E-state index >= 15 is 0 Å². The highest BCUT2D eigenvalue weighted by Gasteiger charge is 2.36. The van der Waals surface area contributed by atoms with Gasteiger partial charge < -0.3 is 20.7 Å². The van der Waals surface area contributed by atoms with Gasteiger partial charge >= 0.3 is 0 Å². The fourth-order valence-corrected chi connectivity index (χ4v) is 3.62. The molecular formula is C20H19NO6. The van der Waals surface area contributed by atoms with E-state index in [1.165, 1.54) is 19.2 Å². The molecule has 3 rings (SSSR count). The zero-order valence-electron chi connectivity index (χ0n) is 14.7. The van der Waals surface area contributed by atoms with Crippen LogP contribution in [0.5, 0.6) is 5.75 Å². The molecule has 1 amide bonds. The van der Waals surface area contributed by atoms with Crippen LogP contribution in [0.15, 0.2) is 24.3 Å². The van der Waals surface area contributed by atoms with Crippen LogP contribution in [0.2, 0.25) is 0 Å². The third-order valence-electron chi connectivity index (χ3n) is 4.69. The number of carbonyl (C=O) groups excluding carboxylic acids is 3. The number of ether oxygens (including phenoxy) is 1. The van der Waals surface area contributed by atoms with Gasteiger partial charge in [0.25, 0.3) is 0 Å². The summed E-state index contributed by atoms with van der Waals surface area (Å²) < 4.78 is 5.24. The van der Waals surface area contributed by atoms with Gasteiger partial charge in [-0.05, 0) is 36.1 Å². The molecule has 27 heavy (non-hydrogen) atoms. The number of carbonyl (C=O) groups is 3. The van der Waals surface area contributed by atoms with Crippen LogP contribution in [0, 0.1) is 0 Å². The lowest BCUT2D eigenvalue weighted by atomic mass is 9.77. The van der Waals surface area contributed by atoms with Crippen molar-refractivity contribution in [1.29, 1.82) is 0 Å². The number of nitrogens with two attached hydrogens (primary N) is 1. The number of amides is 1. The molecule has 0 saturated heterocycles. The molecule has 2 aromatic rings. The monoisotopic (exact) mass is 369 g/mol. The Balaban J connectivity index is 2.39. The topological polar surface area (TPSA) is 127 Å². The molecule has 140 valence electrons. The van der Waals surface area contributed by atoms with Crippen molar-refractivity contribution in [2.24, 2.45) is 5.73 Å². The van der Waals surface area contributed by atoms with Gasteiger partial charge in [-0.1, -0.05) is 12.1 Å². The number of rotatable bonds is 6. The zero-order valence-corrected chi connectivity index (χ0v) is 14.7. The number of primary amides is 1. The van der Waals surface area contributed by atoms with Crippen LogP contribution in [0.4, 0.5) is 0 Å². The van der Waals surface area contributed by atoms with Crippen LogP contribution in [-0.2, 0) is 12.8 Å². The maximum Gasteiger partial charge on any atom is 0.249 e. The van der Waals surface area contributed by atoms with Crippen molar-refractivity contribution in [1.82, 2.24) is 0 Å². The highest BCUT2D eigenvalue weighted by atomic mass is 16.5. The summed E-state index contributed by atoms with van der Waals surface area (Å²) in [4.78, 5) is 38.4. The van der Waals surface area contributed by atoms with Crippen LogP contribution in [-0.4, -0.2) is 48.0 Å². The van der Waals surface area contributed by atoms with Crippen molar-refractivity contribution >= 4 is 17.5 Å². The number of hydrogen-bond acceptors (Lipinski definition) is 6. The van der Waals surface area contributed by atoms with E-state index in [1.807, 2.05) is 0 Å². The number of ketones is 2. The second kappa shape index (κ2) is 7.30. The van der Waals surface area contributed by atoms with Gasteiger partial charge in [-0.15, -0.1) is 0 Å². The van der Waals surface area contributed by atoms with Gasteiger partial charge in [0, 0.05) is 35.5 Å². The molecule has 4 N–H and O–H groups in total. The van der Waals surface area contributed by atoms with E-state index in [9.17, 15) is 24.6 Å². The molecule has 0 aliphatic heterocycles. The molecule has 0 saturated carbocycles. The predicted octanol–water partition coefficient (Wildman–Crippen LogP) is 0.639. The van der Waals surface area contributed by atoms with E-state index < -0.39 is 17.5 Å². The maximum atomic E-state index is 13.2. The maximum absolute atomic E-state index is 13.2. The Bertz CT molecular complexity index is 963. The summed E-state index contributed by atoms with van der Waals surface area (Å²) in [5, 5.41) is 18.8. The van der Waals surface area contributed by atoms with Gasteiger partial charge in [-0.25, -0.2) is 0 Å². The normalized spacial score (nSPS) is 12.6. The third-order valence-corrected chi connectivity index (χ3v) is 4.69. The molecule has 0 radical (unpaired) electrons. The Labute approximate surface area is 155 Å². The largest absolute Gasteiger partial charge is 0.496 e. The van der Waals surface area contributed by atoms with E-state index in [-0.39, 0.29) is 65.2 Å². The van der Waals surface area contributed by atoms with E-state index in [0.29, 0.717) is 5.56 Å². The molecule has 2 aromatic carbocycles. The van der Waals surface area contributed by atoms with E-state index in [1.54, 1.807) is 12.1 Å². The fraction of sp³-hybridized carbons (Fsp3) is 0.250. The summed E-state index contributed by atoms with van der Waals surface area (Å²) in [6, 6.07) is 6.15. The molecular weight excluding hydrogens is 350 g/mol. The van der Waals surface area contributed by atoms with Crippen molar-refractivity contribution in [3.63, 3.8) is 0 Å². The molecule has 7 heteroatoms. The van der Waals surface area contributed by atoms with Gasteiger partial charge in [0.05, 0.1) is 12.7 Å². The lowest BCUT2D eigenvalue weighted by Gasteiger charge is -2.24. The molecule has 0 heterocycles. The van der Waals surface area contributed by atoms with E-state index in [0.717, 1.165) is 0 Å². The molecule has 0 unspecified atom stereocenters. The third kappa shape index (κ3) is 2.90.